The van der Waals surface area contributed by atoms with Gasteiger partial charge in [-0.05, 0) is 22.7 Å². The van der Waals surface area contributed by atoms with Crippen molar-refractivity contribution in [1.82, 2.24) is 19.5 Å². The maximum atomic E-state index is 11.6. The van der Waals surface area contributed by atoms with Crippen molar-refractivity contribution < 1.29 is 14.6 Å². The molecule has 0 aliphatic carbocycles. The van der Waals surface area contributed by atoms with Crippen LogP contribution in [0.4, 0.5) is 5.82 Å². The number of benzene rings is 2. The molecule has 9 heteroatoms. The van der Waals surface area contributed by atoms with E-state index in [2.05, 4.69) is 39.2 Å². The van der Waals surface area contributed by atoms with Crippen LogP contribution >= 0.6 is 0 Å². The van der Waals surface area contributed by atoms with Gasteiger partial charge in [0.25, 0.3) is 0 Å². The second kappa shape index (κ2) is 9.50. The molecule has 0 spiro atoms. The van der Waals surface area contributed by atoms with Gasteiger partial charge in [-0.25, -0.2) is 15.0 Å². The summed E-state index contributed by atoms with van der Waals surface area (Å²) in [4.78, 5) is 12.8. The van der Waals surface area contributed by atoms with Crippen molar-refractivity contribution in [3.8, 4) is 0 Å². The molecule has 4 rings (SSSR count). The van der Waals surface area contributed by atoms with E-state index in [-0.39, 0.29) is 24.3 Å². The Kier molecular flexibility index (Phi) is 6.78. The molecule has 0 saturated carbocycles. The van der Waals surface area contributed by atoms with Gasteiger partial charge in [0.1, 0.15) is 17.4 Å². The number of hydrogen-bond acceptors (Lipinski definition) is 7. The standard InChI is InChI=1S/C26H33N5O3Si/c1-24(2,3)15-26(32,33)25(4,31-18-30-21-22(27)28-17-29-23(21)31)16-34-35(19-11-7-5-8-12-19)20-13-9-6-10-14-20/h5-14,17-18,32-33,35H,15-16H2,1-4H3,(H2,27,28,29). The molecule has 2 aromatic heterocycles. The summed E-state index contributed by atoms with van der Waals surface area (Å²) in [5.41, 5.74) is 5.15. The average Bonchev–Trinajstić information content (AvgIpc) is 3.25. The molecule has 0 amide bonds. The number of imidazole rings is 1. The maximum Gasteiger partial charge on any atom is 0.239 e. The lowest BCUT2D eigenvalue weighted by Crippen LogP contribution is -2.59. The van der Waals surface area contributed by atoms with Crippen molar-refractivity contribution in [3.63, 3.8) is 0 Å². The van der Waals surface area contributed by atoms with E-state index >= 15 is 0 Å². The number of hydrogen-bond donors (Lipinski definition) is 3. The fourth-order valence-corrected chi connectivity index (χ4v) is 6.81. The molecule has 1 unspecified atom stereocenters. The Labute approximate surface area is 207 Å². The van der Waals surface area contributed by atoms with Gasteiger partial charge in [-0.15, -0.1) is 0 Å². The highest BCUT2D eigenvalue weighted by Gasteiger charge is 2.50. The van der Waals surface area contributed by atoms with Gasteiger partial charge in [0.05, 0.1) is 12.9 Å². The van der Waals surface area contributed by atoms with Crippen LogP contribution in [0.25, 0.3) is 11.2 Å². The number of anilines is 1. The predicted octanol–water partition coefficient (Wildman–Crippen LogP) is 1.80. The second-order valence-electron chi connectivity index (χ2n) is 10.4. The van der Waals surface area contributed by atoms with E-state index in [1.54, 1.807) is 11.5 Å². The third kappa shape index (κ3) is 5.13. The Morgan fingerprint density at radius 2 is 1.46 bits per heavy atom. The molecule has 0 fully saturated rings. The first-order valence-corrected chi connectivity index (χ1v) is 13.2. The number of nitrogens with zero attached hydrogens (tertiary/aromatic N) is 4. The number of nitrogens with two attached hydrogens (primary N) is 1. The topological polar surface area (TPSA) is 119 Å². The van der Waals surface area contributed by atoms with Gasteiger partial charge in [0.2, 0.25) is 9.04 Å². The largest absolute Gasteiger partial charge is 0.408 e. The summed E-state index contributed by atoms with van der Waals surface area (Å²) in [5.74, 6) is -1.92. The minimum atomic E-state index is -2.16. The van der Waals surface area contributed by atoms with Gasteiger partial charge >= 0.3 is 0 Å². The average molecular weight is 492 g/mol. The van der Waals surface area contributed by atoms with Gasteiger partial charge in [-0.2, -0.15) is 0 Å². The lowest BCUT2D eigenvalue weighted by atomic mass is 9.79. The van der Waals surface area contributed by atoms with Crippen LogP contribution in [-0.2, 0) is 9.96 Å². The van der Waals surface area contributed by atoms with Crippen LogP contribution in [0.1, 0.15) is 34.1 Å². The highest BCUT2D eigenvalue weighted by Crippen LogP contribution is 2.39. The first kappa shape index (κ1) is 25.0. The van der Waals surface area contributed by atoms with Crippen LogP contribution in [0.3, 0.4) is 0 Å². The molecule has 0 radical (unpaired) electrons. The zero-order chi connectivity index (χ0) is 25.3. The van der Waals surface area contributed by atoms with Crippen LogP contribution in [0.2, 0.25) is 0 Å². The van der Waals surface area contributed by atoms with Crippen molar-refractivity contribution >= 4 is 36.4 Å². The molecule has 2 aromatic carbocycles. The third-order valence-corrected chi connectivity index (χ3v) is 8.75. The third-order valence-electron chi connectivity index (χ3n) is 6.27. The first-order chi connectivity index (χ1) is 16.5. The van der Waals surface area contributed by atoms with Crippen molar-refractivity contribution in [2.75, 3.05) is 12.3 Å². The first-order valence-electron chi connectivity index (χ1n) is 11.6. The van der Waals surface area contributed by atoms with Crippen molar-refractivity contribution in [2.24, 2.45) is 5.41 Å². The number of nitrogen functional groups attached to an aromatic ring is 1. The Balaban J connectivity index is 1.80. The van der Waals surface area contributed by atoms with Crippen molar-refractivity contribution in [1.29, 1.82) is 0 Å². The zero-order valence-electron chi connectivity index (χ0n) is 20.6. The fourth-order valence-electron chi connectivity index (χ4n) is 4.41. The van der Waals surface area contributed by atoms with E-state index in [1.807, 2.05) is 57.2 Å². The van der Waals surface area contributed by atoms with E-state index < -0.39 is 20.4 Å². The molecule has 8 nitrogen and oxygen atoms in total. The van der Waals surface area contributed by atoms with Crippen LogP contribution in [0, 0.1) is 5.41 Å². The summed E-state index contributed by atoms with van der Waals surface area (Å²) in [7, 11) is -2.16. The monoisotopic (exact) mass is 491 g/mol. The molecule has 2 heterocycles. The number of aliphatic hydroxyl groups is 2. The lowest BCUT2D eigenvalue weighted by Gasteiger charge is -2.45. The summed E-state index contributed by atoms with van der Waals surface area (Å²) in [6.07, 6.45) is 2.98. The minimum absolute atomic E-state index is 0.0200. The van der Waals surface area contributed by atoms with Gasteiger partial charge < -0.3 is 24.9 Å². The van der Waals surface area contributed by atoms with Crippen molar-refractivity contribution in [3.05, 3.63) is 73.3 Å². The van der Waals surface area contributed by atoms with Crippen molar-refractivity contribution in [2.45, 2.75) is 45.4 Å². The highest BCUT2D eigenvalue weighted by atomic mass is 28.3. The molecule has 0 bridgehead atoms. The molecule has 0 aliphatic heterocycles. The molecule has 1 atom stereocenters. The molecule has 35 heavy (non-hydrogen) atoms. The normalized spacial score (nSPS) is 14.4. The molecule has 184 valence electrons. The summed E-state index contributed by atoms with van der Waals surface area (Å²) >= 11 is 0. The SMILES string of the molecule is CC(C)(C)CC(O)(O)C(C)(CO[SiH](c1ccccc1)c1ccccc1)n1cnc2c(N)ncnc21. The van der Waals surface area contributed by atoms with Gasteiger partial charge in [0, 0.05) is 6.42 Å². The van der Waals surface area contributed by atoms with Crippen LogP contribution in [0.15, 0.2) is 73.3 Å². The minimum Gasteiger partial charge on any atom is -0.408 e. The predicted molar refractivity (Wildman–Crippen MR) is 140 cm³/mol. The van der Waals surface area contributed by atoms with E-state index in [1.165, 1.54) is 12.7 Å². The second-order valence-corrected chi connectivity index (χ2v) is 12.8. The summed E-state index contributed by atoms with van der Waals surface area (Å²) in [6.45, 7) is 7.68. The molecule has 4 N–H and O–H groups in total. The van der Waals surface area contributed by atoms with Gasteiger partial charge in [0.15, 0.2) is 17.3 Å². The fraction of sp³-hybridized carbons (Fsp3) is 0.346. The van der Waals surface area contributed by atoms with Crippen LogP contribution in [0.5, 0.6) is 0 Å². The quantitative estimate of drug-likeness (QED) is 0.254. The Morgan fingerprint density at radius 1 is 0.886 bits per heavy atom. The van der Waals surface area contributed by atoms with Gasteiger partial charge in [-0.1, -0.05) is 81.4 Å². The molecule has 0 aliphatic rings. The van der Waals surface area contributed by atoms with E-state index in [9.17, 15) is 10.2 Å². The lowest BCUT2D eigenvalue weighted by molar-refractivity contribution is -0.251. The van der Waals surface area contributed by atoms with Crippen LogP contribution in [-0.4, -0.2) is 51.2 Å². The molecule has 4 aromatic rings. The smallest absolute Gasteiger partial charge is 0.239 e. The Hall–Kier alpha value is -3.11. The number of fused-ring (bicyclic) bond motifs is 1. The summed E-state index contributed by atoms with van der Waals surface area (Å²) in [6, 6.07) is 20.1. The zero-order valence-corrected chi connectivity index (χ0v) is 21.7. The molecule has 0 saturated heterocycles. The number of aromatic nitrogens is 4. The Morgan fingerprint density at radius 3 is 2.00 bits per heavy atom. The van der Waals surface area contributed by atoms with Gasteiger partial charge in [-0.3, -0.25) is 0 Å². The van der Waals surface area contributed by atoms with Crippen LogP contribution < -0.4 is 16.1 Å². The summed E-state index contributed by atoms with van der Waals surface area (Å²) in [5, 5.41) is 25.4. The van der Waals surface area contributed by atoms with E-state index in [4.69, 9.17) is 10.2 Å². The molecular weight excluding hydrogens is 458 g/mol. The van der Waals surface area contributed by atoms with E-state index in [0.29, 0.717) is 11.2 Å². The number of rotatable bonds is 8. The van der Waals surface area contributed by atoms with E-state index in [0.717, 1.165) is 10.4 Å². The molecular formula is C26H33N5O3Si. The highest BCUT2D eigenvalue weighted by molar-refractivity contribution is 6.80. The maximum absolute atomic E-state index is 11.6. The Bertz CT molecular complexity index is 1240. The summed E-state index contributed by atoms with van der Waals surface area (Å²) < 4.78 is 8.34.